The quantitative estimate of drug-likeness (QED) is 0.802. The van der Waals surface area contributed by atoms with E-state index >= 15 is 0 Å². The summed E-state index contributed by atoms with van der Waals surface area (Å²) in [6.45, 7) is 1.78. The highest BCUT2D eigenvalue weighted by Crippen LogP contribution is 2.27. The van der Waals surface area contributed by atoms with E-state index in [9.17, 15) is 18.8 Å². The number of carboxylic acids is 1. The van der Waals surface area contributed by atoms with Crippen LogP contribution in [0.2, 0.25) is 0 Å². The number of nitrogens with zero attached hydrogens (tertiary/aromatic N) is 1. The maximum atomic E-state index is 13.5. The highest BCUT2D eigenvalue weighted by Gasteiger charge is 2.36. The normalized spacial score (nSPS) is 17.4. The molecule has 6 nitrogen and oxygen atoms in total. The Kier molecular flexibility index (Phi) is 5.73. The second-order valence-electron chi connectivity index (χ2n) is 6.91. The summed E-state index contributed by atoms with van der Waals surface area (Å²) in [5.41, 5.74) is 1.65. The number of carbonyl (C=O) groups is 3. The first kappa shape index (κ1) is 19.5. The van der Waals surface area contributed by atoms with Crippen LogP contribution >= 0.6 is 0 Å². The Bertz CT molecular complexity index is 901. The van der Waals surface area contributed by atoms with Crippen molar-refractivity contribution >= 4 is 23.5 Å². The van der Waals surface area contributed by atoms with Gasteiger partial charge in [-0.25, -0.2) is 4.39 Å². The van der Waals surface area contributed by atoms with Crippen molar-refractivity contribution in [3.05, 3.63) is 65.5 Å². The van der Waals surface area contributed by atoms with Crippen molar-refractivity contribution in [3.63, 3.8) is 0 Å². The fourth-order valence-electron chi connectivity index (χ4n) is 3.33. The van der Waals surface area contributed by atoms with E-state index < -0.39 is 17.9 Å². The van der Waals surface area contributed by atoms with Gasteiger partial charge in [0.05, 0.1) is 18.4 Å². The van der Waals surface area contributed by atoms with Crippen LogP contribution < -0.4 is 10.2 Å². The van der Waals surface area contributed by atoms with E-state index in [1.807, 2.05) is 0 Å². The molecule has 2 atom stereocenters. The molecule has 0 spiro atoms. The number of anilines is 1. The van der Waals surface area contributed by atoms with Gasteiger partial charge in [-0.05, 0) is 36.2 Å². The van der Waals surface area contributed by atoms with Gasteiger partial charge in [0.25, 0.3) is 0 Å². The van der Waals surface area contributed by atoms with Crippen LogP contribution in [0, 0.1) is 18.7 Å². The molecule has 2 unspecified atom stereocenters. The summed E-state index contributed by atoms with van der Waals surface area (Å²) < 4.78 is 13.5. The number of benzene rings is 2. The van der Waals surface area contributed by atoms with Crippen molar-refractivity contribution in [2.75, 3.05) is 11.4 Å². The molecule has 0 bridgehead atoms. The minimum atomic E-state index is -1.03. The zero-order valence-corrected chi connectivity index (χ0v) is 15.4. The SMILES string of the molecule is Cc1cc(N2CC(C(=O)NC(CC(=O)O)c3ccccc3)CC2=O)ccc1F. The van der Waals surface area contributed by atoms with E-state index in [2.05, 4.69) is 5.32 Å². The van der Waals surface area contributed by atoms with Crippen molar-refractivity contribution in [3.8, 4) is 0 Å². The summed E-state index contributed by atoms with van der Waals surface area (Å²) in [6.07, 6.45) is -0.228. The molecule has 0 aliphatic carbocycles. The van der Waals surface area contributed by atoms with Gasteiger partial charge in [-0.3, -0.25) is 14.4 Å². The number of carboxylic acid groups (broad SMARTS) is 1. The van der Waals surface area contributed by atoms with Crippen LogP contribution in [-0.4, -0.2) is 29.4 Å². The Morgan fingerprint density at radius 3 is 2.61 bits per heavy atom. The maximum Gasteiger partial charge on any atom is 0.305 e. The molecule has 1 aliphatic rings. The number of hydrogen-bond donors (Lipinski definition) is 2. The van der Waals surface area contributed by atoms with Crippen LogP contribution in [0.15, 0.2) is 48.5 Å². The smallest absolute Gasteiger partial charge is 0.305 e. The second-order valence-corrected chi connectivity index (χ2v) is 6.91. The zero-order valence-electron chi connectivity index (χ0n) is 15.4. The number of amides is 2. The minimum Gasteiger partial charge on any atom is -0.481 e. The topological polar surface area (TPSA) is 86.7 Å². The van der Waals surface area contributed by atoms with Gasteiger partial charge in [-0.1, -0.05) is 30.3 Å². The number of aryl methyl sites for hydroxylation is 1. The molecule has 2 N–H and O–H groups in total. The molecule has 2 amide bonds. The van der Waals surface area contributed by atoms with Gasteiger partial charge in [0, 0.05) is 18.7 Å². The van der Waals surface area contributed by atoms with Crippen molar-refractivity contribution in [2.24, 2.45) is 5.92 Å². The average molecular weight is 384 g/mol. The lowest BCUT2D eigenvalue weighted by Crippen LogP contribution is -2.36. The van der Waals surface area contributed by atoms with Crippen LogP contribution in [0.3, 0.4) is 0 Å². The predicted molar refractivity (Wildman–Crippen MR) is 101 cm³/mol. The van der Waals surface area contributed by atoms with Gasteiger partial charge in [0.1, 0.15) is 5.82 Å². The van der Waals surface area contributed by atoms with E-state index in [-0.39, 0.29) is 37.0 Å². The van der Waals surface area contributed by atoms with Crippen molar-refractivity contribution < 1.29 is 23.9 Å². The minimum absolute atomic E-state index is 0.0246. The molecule has 0 saturated carbocycles. The third kappa shape index (κ3) is 4.36. The fourth-order valence-corrected chi connectivity index (χ4v) is 3.33. The predicted octanol–water partition coefficient (Wildman–Crippen LogP) is 2.82. The molecular weight excluding hydrogens is 363 g/mol. The highest BCUT2D eigenvalue weighted by atomic mass is 19.1. The van der Waals surface area contributed by atoms with Crippen LogP contribution in [-0.2, 0) is 14.4 Å². The van der Waals surface area contributed by atoms with E-state index in [0.29, 0.717) is 16.8 Å². The Morgan fingerprint density at radius 1 is 1.25 bits per heavy atom. The van der Waals surface area contributed by atoms with E-state index in [1.165, 1.54) is 17.0 Å². The van der Waals surface area contributed by atoms with E-state index in [0.717, 1.165) is 0 Å². The zero-order chi connectivity index (χ0) is 20.3. The molecular formula is C21H21FN2O4. The first-order valence-corrected chi connectivity index (χ1v) is 8.98. The molecule has 1 fully saturated rings. The molecule has 0 aromatic heterocycles. The summed E-state index contributed by atoms with van der Waals surface area (Å²) in [4.78, 5) is 37.7. The molecule has 1 saturated heterocycles. The Balaban J connectivity index is 1.72. The van der Waals surface area contributed by atoms with Gasteiger partial charge in [0.2, 0.25) is 11.8 Å². The van der Waals surface area contributed by atoms with Crippen LogP contribution in [0.1, 0.15) is 30.0 Å². The summed E-state index contributed by atoms with van der Waals surface area (Å²) >= 11 is 0. The van der Waals surface area contributed by atoms with E-state index in [1.54, 1.807) is 43.3 Å². The van der Waals surface area contributed by atoms with Crippen LogP contribution in [0.5, 0.6) is 0 Å². The lowest BCUT2D eigenvalue weighted by atomic mass is 10.0. The number of halogens is 1. The molecule has 1 aliphatic heterocycles. The second kappa shape index (κ2) is 8.21. The monoisotopic (exact) mass is 384 g/mol. The van der Waals surface area contributed by atoms with Crippen LogP contribution in [0.4, 0.5) is 10.1 Å². The number of hydrogen-bond acceptors (Lipinski definition) is 3. The highest BCUT2D eigenvalue weighted by molar-refractivity contribution is 6.00. The Hall–Kier alpha value is -3.22. The van der Waals surface area contributed by atoms with Crippen molar-refractivity contribution in [2.45, 2.75) is 25.8 Å². The van der Waals surface area contributed by atoms with Crippen molar-refractivity contribution in [1.82, 2.24) is 5.32 Å². The lowest BCUT2D eigenvalue weighted by molar-refractivity contribution is -0.138. The van der Waals surface area contributed by atoms with Gasteiger partial charge in [-0.15, -0.1) is 0 Å². The first-order chi connectivity index (χ1) is 13.3. The van der Waals surface area contributed by atoms with E-state index in [4.69, 9.17) is 5.11 Å². The van der Waals surface area contributed by atoms with Gasteiger partial charge in [0.15, 0.2) is 0 Å². The molecule has 0 radical (unpaired) electrons. The van der Waals surface area contributed by atoms with Crippen LogP contribution in [0.25, 0.3) is 0 Å². The summed E-state index contributed by atoms with van der Waals surface area (Å²) in [7, 11) is 0. The van der Waals surface area contributed by atoms with Gasteiger partial charge in [-0.2, -0.15) is 0 Å². The molecule has 1 heterocycles. The Morgan fingerprint density at radius 2 is 1.96 bits per heavy atom. The number of aliphatic carboxylic acids is 1. The summed E-state index contributed by atoms with van der Waals surface area (Å²) in [5.74, 6) is -2.58. The third-order valence-electron chi connectivity index (χ3n) is 4.85. The molecule has 28 heavy (non-hydrogen) atoms. The molecule has 2 aromatic carbocycles. The number of nitrogens with one attached hydrogen (secondary N) is 1. The maximum absolute atomic E-state index is 13.5. The van der Waals surface area contributed by atoms with Crippen molar-refractivity contribution in [1.29, 1.82) is 0 Å². The Labute approximate surface area is 162 Å². The molecule has 2 aromatic rings. The van der Waals surface area contributed by atoms with Gasteiger partial charge >= 0.3 is 5.97 Å². The molecule has 146 valence electrons. The summed E-state index contributed by atoms with van der Waals surface area (Å²) in [6, 6.07) is 12.6. The standard InChI is InChI=1S/C21H21FN2O4/c1-13-9-16(7-8-17(13)22)24-12-15(10-19(24)25)21(28)23-18(11-20(26)27)14-5-3-2-4-6-14/h2-9,15,18H,10-12H2,1H3,(H,23,28)(H,26,27). The number of carbonyl (C=O) groups excluding carboxylic acids is 2. The average Bonchev–Trinajstić information content (AvgIpc) is 3.05. The summed E-state index contributed by atoms with van der Waals surface area (Å²) in [5, 5.41) is 11.9. The fraction of sp³-hybridized carbons (Fsp3) is 0.286. The third-order valence-corrected chi connectivity index (χ3v) is 4.85. The molecule has 3 rings (SSSR count). The van der Waals surface area contributed by atoms with Gasteiger partial charge < -0.3 is 15.3 Å². The first-order valence-electron chi connectivity index (χ1n) is 8.98. The lowest BCUT2D eigenvalue weighted by Gasteiger charge is -2.20. The molecule has 7 heteroatoms. The largest absolute Gasteiger partial charge is 0.481 e. The number of rotatable bonds is 6.